The Morgan fingerprint density at radius 1 is 0.900 bits per heavy atom. The first kappa shape index (κ1) is 27.3. The molecule has 172 valence electrons. The molecule has 0 aliphatic rings. The van der Waals surface area contributed by atoms with Gasteiger partial charge < -0.3 is 37.6 Å². The molecule has 12 heteroatoms. The first-order valence-electron chi connectivity index (χ1n) is 9.64. The smallest absolute Gasteiger partial charge is 0.326 e. The van der Waals surface area contributed by atoms with E-state index >= 15 is 0 Å². The van der Waals surface area contributed by atoms with Crippen molar-refractivity contribution in [3.63, 3.8) is 0 Å². The van der Waals surface area contributed by atoms with Gasteiger partial charge in [-0.2, -0.15) is 0 Å². The summed E-state index contributed by atoms with van der Waals surface area (Å²) in [4.78, 5) is 59.4. The predicted octanol–water partition coefficient (Wildman–Crippen LogP) is -2.58. The Morgan fingerprint density at radius 3 is 1.83 bits per heavy atom. The molecule has 0 aromatic heterocycles. The Kier molecular flexibility index (Phi) is 11.6. The molecule has 5 atom stereocenters. The maximum Gasteiger partial charge on any atom is 0.326 e. The molecule has 0 saturated heterocycles. The number of nitrogens with two attached hydrogens (primary N) is 2. The van der Waals surface area contributed by atoms with Crippen molar-refractivity contribution in [2.24, 2.45) is 23.3 Å². The van der Waals surface area contributed by atoms with E-state index < -0.39 is 72.7 Å². The highest BCUT2D eigenvalue weighted by molar-refractivity contribution is 5.95. The van der Waals surface area contributed by atoms with Gasteiger partial charge in [0.25, 0.3) is 0 Å². The molecule has 30 heavy (non-hydrogen) atoms. The zero-order chi connectivity index (χ0) is 23.6. The number of carbonyl (C=O) groups excluding carboxylic acids is 4. The van der Waals surface area contributed by atoms with Crippen LogP contribution in [0.25, 0.3) is 0 Å². The lowest BCUT2D eigenvalue weighted by Crippen LogP contribution is -2.60. The average Bonchev–Trinajstić information content (AvgIpc) is 2.65. The topological polar surface area (TPSA) is 214 Å². The molecule has 12 nitrogen and oxygen atoms in total. The first-order valence-corrected chi connectivity index (χ1v) is 9.64. The summed E-state index contributed by atoms with van der Waals surface area (Å²) in [7, 11) is 0. The third-order valence-corrected chi connectivity index (χ3v) is 4.60. The molecule has 0 radical (unpaired) electrons. The molecule has 5 unspecified atom stereocenters. The summed E-state index contributed by atoms with van der Waals surface area (Å²) in [5, 5.41) is 25.8. The van der Waals surface area contributed by atoms with Gasteiger partial charge >= 0.3 is 5.97 Å². The second-order valence-electron chi connectivity index (χ2n) is 7.46. The second-order valence-corrected chi connectivity index (χ2v) is 7.46. The van der Waals surface area contributed by atoms with Crippen LogP contribution in [0.1, 0.15) is 40.5 Å². The molecule has 4 amide bonds. The SMILES string of the molecule is CCC(C)C(NC(=O)C(CO)NC(=O)C(N)CC(N)=O)C(=O)NC(C(=O)O)C(C)C. The van der Waals surface area contributed by atoms with Crippen molar-refractivity contribution in [3.05, 3.63) is 0 Å². The van der Waals surface area contributed by atoms with E-state index in [9.17, 15) is 34.2 Å². The van der Waals surface area contributed by atoms with Gasteiger partial charge in [0, 0.05) is 0 Å². The van der Waals surface area contributed by atoms with Crippen LogP contribution in [0.2, 0.25) is 0 Å². The van der Waals surface area contributed by atoms with Crippen LogP contribution in [0.15, 0.2) is 0 Å². The lowest BCUT2D eigenvalue weighted by Gasteiger charge is -2.28. The fraction of sp³-hybridized carbons (Fsp3) is 0.722. The van der Waals surface area contributed by atoms with Crippen LogP contribution in [0, 0.1) is 11.8 Å². The molecular weight excluding hydrogens is 398 g/mol. The Hall–Kier alpha value is -2.73. The molecule has 0 rings (SSSR count). The molecule has 9 N–H and O–H groups in total. The lowest BCUT2D eigenvalue weighted by molar-refractivity contribution is -0.144. The molecule has 0 aromatic carbocycles. The van der Waals surface area contributed by atoms with Crippen LogP contribution in [-0.2, 0) is 24.0 Å². The highest BCUT2D eigenvalue weighted by atomic mass is 16.4. The van der Waals surface area contributed by atoms with Crippen LogP contribution in [0.5, 0.6) is 0 Å². The van der Waals surface area contributed by atoms with Crippen LogP contribution in [0.3, 0.4) is 0 Å². The minimum Gasteiger partial charge on any atom is -0.480 e. The van der Waals surface area contributed by atoms with E-state index in [2.05, 4.69) is 16.0 Å². The Morgan fingerprint density at radius 2 is 1.43 bits per heavy atom. The second kappa shape index (κ2) is 12.8. The van der Waals surface area contributed by atoms with E-state index in [1.165, 1.54) is 0 Å². The van der Waals surface area contributed by atoms with Crippen LogP contribution < -0.4 is 27.4 Å². The summed E-state index contributed by atoms with van der Waals surface area (Å²) >= 11 is 0. The third-order valence-electron chi connectivity index (χ3n) is 4.60. The van der Waals surface area contributed by atoms with Gasteiger partial charge in [0.05, 0.1) is 19.1 Å². The van der Waals surface area contributed by atoms with Crippen molar-refractivity contribution in [2.75, 3.05) is 6.61 Å². The van der Waals surface area contributed by atoms with Crippen molar-refractivity contribution in [3.8, 4) is 0 Å². The highest BCUT2D eigenvalue weighted by Gasteiger charge is 2.33. The number of rotatable bonds is 13. The fourth-order valence-electron chi connectivity index (χ4n) is 2.49. The number of carboxylic acids is 1. The first-order chi connectivity index (χ1) is 13.8. The van der Waals surface area contributed by atoms with Crippen molar-refractivity contribution in [1.82, 2.24) is 16.0 Å². The Balaban J connectivity index is 5.32. The van der Waals surface area contributed by atoms with E-state index in [0.29, 0.717) is 6.42 Å². The summed E-state index contributed by atoms with van der Waals surface area (Å²) in [6.45, 7) is 5.93. The van der Waals surface area contributed by atoms with Gasteiger partial charge in [-0.1, -0.05) is 34.1 Å². The molecule has 0 spiro atoms. The molecule has 0 saturated carbocycles. The highest BCUT2D eigenvalue weighted by Crippen LogP contribution is 2.10. The van der Waals surface area contributed by atoms with Crippen LogP contribution in [-0.4, -0.2) is 70.6 Å². The normalized spacial score (nSPS) is 16.0. The summed E-state index contributed by atoms with van der Waals surface area (Å²) in [6, 6.07) is -4.99. The summed E-state index contributed by atoms with van der Waals surface area (Å²) in [5.41, 5.74) is 10.5. The lowest BCUT2D eigenvalue weighted by atomic mass is 9.96. The monoisotopic (exact) mass is 431 g/mol. The van der Waals surface area contributed by atoms with Crippen molar-refractivity contribution in [2.45, 2.75) is 64.7 Å². The van der Waals surface area contributed by atoms with Crippen molar-refractivity contribution >= 4 is 29.6 Å². The van der Waals surface area contributed by atoms with E-state index in [1.807, 2.05) is 0 Å². The van der Waals surface area contributed by atoms with E-state index in [4.69, 9.17) is 11.5 Å². The summed E-state index contributed by atoms with van der Waals surface area (Å²) in [5.74, 6) is -5.23. The summed E-state index contributed by atoms with van der Waals surface area (Å²) < 4.78 is 0. The maximum atomic E-state index is 12.7. The van der Waals surface area contributed by atoms with Gasteiger partial charge in [0.1, 0.15) is 18.1 Å². The van der Waals surface area contributed by atoms with Gasteiger partial charge in [-0.3, -0.25) is 19.2 Å². The van der Waals surface area contributed by atoms with Gasteiger partial charge in [-0.15, -0.1) is 0 Å². The minimum absolute atomic E-state index is 0.372. The zero-order valence-electron chi connectivity index (χ0n) is 17.7. The van der Waals surface area contributed by atoms with Crippen molar-refractivity contribution in [1.29, 1.82) is 0 Å². The third kappa shape index (κ3) is 8.74. The molecular formula is C18H33N5O7. The number of hydrogen-bond donors (Lipinski definition) is 7. The largest absolute Gasteiger partial charge is 0.480 e. The number of nitrogens with one attached hydrogen (secondary N) is 3. The van der Waals surface area contributed by atoms with Crippen molar-refractivity contribution < 1.29 is 34.2 Å². The molecule has 0 aromatic rings. The number of carbonyl (C=O) groups is 5. The fourth-order valence-corrected chi connectivity index (χ4v) is 2.49. The van der Waals surface area contributed by atoms with Crippen LogP contribution in [0.4, 0.5) is 0 Å². The number of amides is 4. The standard InChI is InChI=1S/C18H33N5O7/c1-5-9(4)14(17(28)22-13(8(2)3)18(29)30)23-16(27)11(7-24)21-15(26)10(19)6-12(20)25/h8-11,13-14,24H,5-7,19H2,1-4H3,(H2,20,25)(H,21,26)(H,22,28)(H,23,27)(H,29,30). The zero-order valence-corrected chi connectivity index (χ0v) is 17.7. The number of aliphatic hydroxyl groups is 1. The molecule has 0 heterocycles. The van der Waals surface area contributed by atoms with Gasteiger partial charge in [0.2, 0.25) is 23.6 Å². The van der Waals surface area contributed by atoms with E-state index in [1.54, 1.807) is 27.7 Å². The number of aliphatic carboxylic acids is 1. The number of primary amides is 1. The van der Waals surface area contributed by atoms with Gasteiger partial charge in [0.15, 0.2) is 0 Å². The van der Waals surface area contributed by atoms with E-state index in [-0.39, 0.29) is 5.92 Å². The molecule has 0 bridgehead atoms. The van der Waals surface area contributed by atoms with Gasteiger partial charge in [-0.25, -0.2) is 4.79 Å². The Labute approximate surface area is 175 Å². The molecule has 0 aliphatic heterocycles. The molecule has 0 fully saturated rings. The Bertz CT molecular complexity index is 640. The average molecular weight is 431 g/mol. The predicted molar refractivity (Wildman–Crippen MR) is 107 cm³/mol. The number of carboxylic acid groups (broad SMARTS) is 1. The van der Waals surface area contributed by atoms with E-state index in [0.717, 1.165) is 0 Å². The molecule has 0 aliphatic carbocycles. The number of hydrogen-bond acceptors (Lipinski definition) is 7. The van der Waals surface area contributed by atoms with Gasteiger partial charge in [-0.05, 0) is 11.8 Å². The van der Waals surface area contributed by atoms with Crippen LogP contribution >= 0.6 is 0 Å². The quantitative estimate of drug-likeness (QED) is 0.164. The summed E-state index contributed by atoms with van der Waals surface area (Å²) in [6.07, 6.45) is 0.0344. The maximum absolute atomic E-state index is 12.7. The minimum atomic E-state index is -1.43. The number of aliphatic hydroxyl groups excluding tert-OH is 1.